The van der Waals surface area contributed by atoms with Crippen LogP contribution in [0.4, 0.5) is 5.69 Å². The molecule has 1 atom stereocenters. The van der Waals surface area contributed by atoms with Gasteiger partial charge in [0.1, 0.15) is 0 Å². The van der Waals surface area contributed by atoms with E-state index >= 15 is 0 Å². The molecule has 1 amide bonds. The number of phenolic OH excluding ortho intramolecular Hbond substituents is 1. The van der Waals surface area contributed by atoms with Gasteiger partial charge >= 0.3 is 0 Å². The highest BCUT2D eigenvalue weighted by atomic mass is 16.5. The van der Waals surface area contributed by atoms with E-state index in [1.807, 2.05) is 43.3 Å². The Labute approximate surface area is 154 Å². The zero-order valence-electron chi connectivity index (χ0n) is 15.3. The molecule has 3 N–H and O–H groups in total. The van der Waals surface area contributed by atoms with Crippen LogP contribution in [-0.4, -0.2) is 17.6 Å². The fourth-order valence-electron chi connectivity index (χ4n) is 2.81. The summed E-state index contributed by atoms with van der Waals surface area (Å²) in [6.07, 6.45) is 2.00. The van der Waals surface area contributed by atoms with Crippen LogP contribution >= 0.6 is 0 Å². The Balaban J connectivity index is 1.57. The third-order valence-corrected chi connectivity index (χ3v) is 4.61. The summed E-state index contributed by atoms with van der Waals surface area (Å²) in [5.41, 5.74) is 2.76. The molecule has 0 heterocycles. The van der Waals surface area contributed by atoms with Crippen molar-refractivity contribution in [3.05, 3.63) is 53.6 Å². The summed E-state index contributed by atoms with van der Waals surface area (Å²) < 4.78 is 5.42. The zero-order valence-corrected chi connectivity index (χ0v) is 15.3. The lowest BCUT2D eigenvalue weighted by Gasteiger charge is -2.16. The smallest absolute Gasteiger partial charge is 0.227 e. The molecule has 0 radical (unpaired) electrons. The topological polar surface area (TPSA) is 70.6 Å². The lowest BCUT2D eigenvalue weighted by atomic mass is 10.1. The van der Waals surface area contributed by atoms with Crippen molar-refractivity contribution < 1.29 is 14.6 Å². The van der Waals surface area contributed by atoms with Gasteiger partial charge < -0.3 is 20.5 Å². The molecular formula is C21H26N2O3. The van der Waals surface area contributed by atoms with Gasteiger partial charge in [0.25, 0.3) is 0 Å². The molecule has 0 saturated heterocycles. The van der Waals surface area contributed by atoms with Gasteiger partial charge in [-0.15, -0.1) is 0 Å². The lowest BCUT2D eigenvalue weighted by molar-refractivity contribution is -0.117. The predicted molar refractivity (Wildman–Crippen MR) is 102 cm³/mol. The third-order valence-electron chi connectivity index (χ3n) is 4.61. The Morgan fingerprint density at radius 2 is 1.96 bits per heavy atom. The van der Waals surface area contributed by atoms with Gasteiger partial charge in [0.15, 0.2) is 11.5 Å². The van der Waals surface area contributed by atoms with Crippen LogP contribution in [0.15, 0.2) is 42.5 Å². The van der Waals surface area contributed by atoms with E-state index in [0.717, 1.165) is 29.7 Å². The maximum Gasteiger partial charge on any atom is 0.227 e. The number of benzene rings is 2. The van der Waals surface area contributed by atoms with Crippen LogP contribution in [-0.2, 0) is 11.3 Å². The number of anilines is 1. The van der Waals surface area contributed by atoms with Crippen LogP contribution in [0.2, 0.25) is 0 Å². The van der Waals surface area contributed by atoms with Crippen LogP contribution in [0.3, 0.4) is 0 Å². The van der Waals surface area contributed by atoms with Crippen molar-refractivity contribution in [2.75, 3.05) is 11.9 Å². The summed E-state index contributed by atoms with van der Waals surface area (Å²) in [5, 5.41) is 16.6. The van der Waals surface area contributed by atoms with E-state index in [0.29, 0.717) is 18.9 Å². The van der Waals surface area contributed by atoms with Gasteiger partial charge in [-0.25, -0.2) is 0 Å². The monoisotopic (exact) mass is 354 g/mol. The zero-order chi connectivity index (χ0) is 18.5. The average molecular weight is 354 g/mol. The van der Waals surface area contributed by atoms with E-state index in [2.05, 4.69) is 17.6 Å². The fraction of sp³-hybridized carbons (Fsp3) is 0.381. The van der Waals surface area contributed by atoms with Gasteiger partial charge in [0.2, 0.25) is 5.91 Å². The van der Waals surface area contributed by atoms with Crippen LogP contribution in [0.1, 0.15) is 43.9 Å². The van der Waals surface area contributed by atoms with Crippen LogP contribution in [0.5, 0.6) is 11.5 Å². The van der Waals surface area contributed by atoms with E-state index in [9.17, 15) is 9.90 Å². The number of carbonyl (C=O) groups is 1. The second-order valence-corrected chi connectivity index (χ2v) is 6.69. The van der Waals surface area contributed by atoms with E-state index in [-0.39, 0.29) is 23.6 Å². The molecule has 0 aliphatic heterocycles. The lowest BCUT2D eigenvalue weighted by Crippen LogP contribution is -2.18. The first-order valence-corrected chi connectivity index (χ1v) is 9.16. The summed E-state index contributed by atoms with van der Waals surface area (Å²) in [4.78, 5) is 11.8. The number of nitrogens with one attached hydrogen (secondary N) is 2. The number of amides is 1. The Morgan fingerprint density at radius 3 is 2.62 bits per heavy atom. The number of ether oxygens (including phenoxy) is 1. The molecule has 1 aliphatic rings. The van der Waals surface area contributed by atoms with Crippen molar-refractivity contribution in [1.29, 1.82) is 0 Å². The van der Waals surface area contributed by atoms with Crippen LogP contribution in [0.25, 0.3) is 0 Å². The molecule has 0 aromatic heterocycles. The van der Waals surface area contributed by atoms with E-state index in [1.165, 1.54) is 0 Å². The SMILES string of the molecule is CCOc1cccc(CNC(C)c2ccc(NC(=O)C3CC3)cc2)c1O. The van der Waals surface area contributed by atoms with E-state index < -0.39 is 0 Å². The summed E-state index contributed by atoms with van der Waals surface area (Å²) in [6.45, 7) is 5.02. The maximum atomic E-state index is 11.8. The Kier molecular flexibility index (Phi) is 5.78. The first-order chi connectivity index (χ1) is 12.6. The predicted octanol–water partition coefficient (Wildman–Crippen LogP) is 3.99. The van der Waals surface area contributed by atoms with Crippen molar-refractivity contribution >= 4 is 11.6 Å². The van der Waals surface area contributed by atoms with E-state index in [4.69, 9.17) is 4.74 Å². The second-order valence-electron chi connectivity index (χ2n) is 6.69. The molecule has 1 unspecified atom stereocenters. The van der Waals surface area contributed by atoms with E-state index in [1.54, 1.807) is 6.07 Å². The van der Waals surface area contributed by atoms with Crippen LogP contribution in [0, 0.1) is 5.92 Å². The Morgan fingerprint density at radius 1 is 1.23 bits per heavy atom. The first-order valence-electron chi connectivity index (χ1n) is 9.16. The molecule has 2 aromatic carbocycles. The fourth-order valence-corrected chi connectivity index (χ4v) is 2.81. The summed E-state index contributed by atoms with van der Waals surface area (Å²) >= 11 is 0. The summed E-state index contributed by atoms with van der Waals surface area (Å²) in [5.74, 6) is 1.02. The summed E-state index contributed by atoms with van der Waals surface area (Å²) in [7, 11) is 0. The molecule has 5 nitrogen and oxygen atoms in total. The minimum absolute atomic E-state index is 0.110. The highest BCUT2D eigenvalue weighted by Crippen LogP contribution is 2.31. The molecule has 0 bridgehead atoms. The quantitative estimate of drug-likeness (QED) is 0.670. The standard InChI is InChI=1S/C21H26N2O3/c1-3-26-19-6-4-5-17(20(19)24)13-22-14(2)15-9-11-18(12-10-15)23-21(25)16-7-8-16/h4-6,9-12,14,16,22,24H,3,7-8,13H2,1-2H3,(H,23,25). The molecule has 5 heteroatoms. The van der Waals surface area contributed by atoms with Crippen LogP contribution < -0.4 is 15.4 Å². The van der Waals surface area contributed by atoms with Gasteiger partial charge in [0.05, 0.1) is 6.61 Å². The highest BCUT2D eigenvalue weighted by Gasteiger charge is 2.29. The normalized spacial score (nSPS) is 14.7. The minimum Gasteiger partial charge on any atom is -0.504 e. The molecule has 1 fully saturated rings. The van der Waals surface area contributed by atoms with Gasteiger partial charge in [-0.2, -0.15) is 0 Å². The number of phenols is 1. The van der Waals surface area contributed by atoms with Crippen molar-refractivity contribution in [3.63, 3.8) is 0 Å². The number of hydrogen-bond donors (Lipinski definition) is 3. The molecular weight excluding hydrogens is 328 g/mol. The van der Waals surface area contributed by atoms with Crippen molar-refractivity contribution in [1.82, 2.24) is 5.32 Å². The number of aromatic hydroxyl groups is 1. The number of rotatable bonds is 8. The third kappa shape index (κ3) is 4.55. The maximum absolute atomic E-state index is 11.8. The Hall–Kier alpha value is -2.53. The molecule has 2 aromatic rings. The molecule has 3 rings (SSSR count). The highest BCUT2D eigenvalue weighted by molar-refractivity contribution is 5.94. The minimum atomic E-state index is 0.110. The molecule has 1 saturated carbocycles. The van der Waals surface area contributed by atoms with Crippen molar-refractivity contribution in [2.24, 2.45) is 5.92 Å². The second kappa shape index (κ2) is 8.23. The van der Waals surface area contributed by atoms with Gasteiger partial charge in [-0.1, -0.05) is 24.3 Å². The average Bonchev–Trinajstić information content (AvgIpc) is 3.48. The number of hydrogen-bond acceptors (Lipinski definition) is 4. The van der Waals surface area contributed by atoms with Gasteiger partial charge in [0, 0.05) is 29.8 Å². The van der Waals surface area contributed by atoms with Gasteiger partial charge in [-0.05, 0) is 50.5 Å². The largest absolute Gasteiger partial charge is 0.504 e. The summed E-state index contributed by atoms with van der Waals surface area (Å²) in [6, 6.07) is 13.5. The molecule has 138 valence electrons. The molecule has 26 heavy (non-hydrogen) atoms. The number of para-hydroxylation sites is 1. The number of carbonyl (C=O) groups excluding carboxylic acids is 1. The first kappa shape index (κ1) is 18.3. The Bertz CT molecular complexity index is 754. The van der Waals surface area contributed by atoms with Crippen molar-refractivity contribution in [2.45, 2.75) is 39.3 Å². The van der Waals surface area contributed by atoms with Crippen molar-refractivity contribution in [3.8, 4) is 11.5 Å². The van der Waals surface area contributed by atoms with Gasteiger partial charge in [-0.3, -0.25) is 4.79 Å². The molecule has 1 aliphatic carbocycles. The molecule has 0 spiro atoms.